The van der Waals surface area contributed by atoms with E-state index in [2.05, 4.69) is 15.9 Å². The third-order valence-corrected chi connectivity index (χ3v) is 3.38. The number of hydrogen-bond donors (Lipinski definition) is 1. The molecule has 1 atom stereocenters. The SMILES string of the molecule is OC(CCc1ccccc1)c1c(F)cc(Br)cc1F. The lowest BCUT2D eigenvalue weighted by Crippen LogP contribution is -2.05. The largest absolute Gasteiger partial charge is 0.388 e. The molecule has 0 bridgehead atoms. The van der Waals surface area contributed by atoms with Gasteiger partial charge in [0.2, 0.25) is 0 Å². The Morgan fingerprint density at radius 2 is 1.63 bits per heavy atom. The van der Waals surface area contributed by atoms with Crippen LogP contribution in [-0.2, 0) is 6.42 Å². The second-order valence-electron chi connectivity index (χ2n) is 4.32. The van der Waals surface area contributed by atoms with Gasteiger partial charge in [-0.05, 0) is 30.5 Å². The van der Waals surface area contributed by atoms with Crippen molar-refractivity contribution in [1.82, 2.24) is 0 Å². The topological polar surface area (TPSA) is 20.2 Å². The minimum atomic E-state index is -1.15. The van der Waals surface area contributed by atoms with Crippen LogP contribution in [0.25, 0.3) is 0 Å². The predicted octanol–water partition coefficient (Wildman–Crippen LogP) is 4.39. The Labute approximate surface area is 119 Å². The van der Waals surface area contributed by atoms with E-state index in [-0.39, 0.29) is 12.0 Å². The predicted molar refractivity (Wildman–Crippen MR) is 73.8 cm³/mol. The second kappa shape index (κ2) is 6.26. The van der Waals surface area contributed by atoms with Gasteiger partial charge >= 0.3 is 0 Å². The number of aryl methyl sites for hydroxylation is 1. The molecule has 0 aromatic heterocycles. The molecule has 2 rings (SSSR count). The molecular formula is C15H13BrF2O. The molecule has 0 fully saturated rings. The Kier molecular flexibility index (Phi) is 4.66. The summed E-state index contributed by atoms with van der Waals surface area (Å²) in [7, 11) is 0. The summed E-state index contributed by atoms with van der Waals surface area (Å²) in [5.41, 5.74) is 0.763. The van der Waals surface area contributed by atoms with Gasteiger partial charge in [-0.3, -0.25) is 0 Å². The van der Waals surface area contributed by atoms with E-state index in [1.165, 1.54) is 0 Å². The zero-order valence-corrected chi connectivity index (χ0v) is 11.7. The summed E-state index contributed by atoms with van der Waals surface area (Å²) in [5.74, 6) is -1.46. The Morgan fingerprint density at radius 3 is 2.21 bits per heavy atom. The summed E-state index contributed by atoms with van der Waals surface area (Å²) in [5, 5.41) is 9.94. The molecule has 19 heavy (non-hydrogen) atoms. The van der Waals surface area contributed by atoms with Crippen molar-refractivity contribution in [3.8, 4) is 0 Å². The molecule has 4 heteroatoms. The first-order valence-corrected chi connectivity index (χ1v) is 6.73. The van der Waals surface area contributed by atoms with Gasteiger partial charge in [0.25, 0.3) is 0 Å². The van der Waals surface area contributed by atoms with Crippen molar-refractivity contribution in [2.45, 2.75) is 18.9 Å². The van der Waals surface area contributed by atoms with Crippen molar-refractivity contribution in [3.63, 3.8) is 0 Å². The first-order chi connectivity index (χ1) is 9.08. The fraction of sp³-hybridized carbons (Fsp3) is 0.200. The van der Waals surface area contributed by atoms with E-state index in [1.54, 1.807) is 0 Å². The summed E-state index contributed by atoms with van der Waals surface area (Å²) in [6.45, 7) is 0. The Morgan fingerprint density at radius 1 is 1.05 bits per heavy atom. The van der Waals surface area contributed by atoms with Crippen LogP contribution in [0.4, 0.5) is 8.78 Å². The van der Waals surface area contributed by atoms with E-state index < -0.39 is 17.7 Å². The lowest BCUT2D eigenvalue weighted by Gasteiger charge is -2.13. The van der Waals surface area contributed by atoms with Crippen LogP contribution < -0.4 is 0 Å². The minimum absolute atomic E-state index is 0.265. The molecule has 0 heterocycles. The first-order valence-electron chi connectivity index (χ1n) is 5.94. The van der Waals surface area contributed by atoms with Crippen molar-refractivity contribution in [2.75, 3.05) is 0 Å². The standard InChI is InChI=1S/C15H13BrF2O/c16-11-8-12(17)15(13(18)9-11)14(19)7-6-10-4-2-1-3-5-10/h1-5,8-9,14,19H,6-7H2. The minimum Gasteiger partial charge on any atom is -0.388 e. The molecule has 1 nitrogen and oxygen atoms in total. The van der Waals surface area contributed by atoms with Gasteiger partial charge in [0.1, 0.15) is 11.6 Å². The van der Waals surface area contributed by atoms with Crippen LogP contribution >= 0.6 is 15.9 Å². The average Bonchev–Trinajstić information content (AvgIpc) is 2.36. The maximum atomic E-state index is 13.7. The second-order valence-corrected chi connectivity index (χ2v) is 5.24. The highest BCUT2D eigenvalue weighted by Gasteiger charge is 2.18. The van der Waals surface area contributed by atoms with Crippen molar-refractivity contribution in [1.29, 1.82) is 0 Å². The van der Waals surface area contributed by atoms with Gasteiger partial charge in [0.15, 0.2) is 0 Å². The van der Waals surface area contributed by atoms with Gasteiger partial charge in [-0.1, -0.05) is 46.3 Å². The molecule has 0 radical (unpaired) electrons. The van der Waals surface area contributed by atoms with Crippen molar-refractivity contribution >= 4 is 15.9 Å². The monoisotopic (exact) mass is 326 g/mol. The molecule has 0 aliphatic rings. The van der Waals surface area contributed by atoms with Gasteiger partial charge in [-0.25, -0.2) is 8.78 Å². The van der Waals surface area contributed by atoms with Crippen LogP contribution in [0.15, 0.2) is 46.9 Å². The molecule has 0 saturated heterocycles. The van der Waals surface area contributed by atoms with Gasteiger partial charge in [0, 0.05) is 4.47 Å². The molecule has 1 N–H and O–H groups in total. The molecule has 2 aromatic rings. The summed E-state index contributed by atoms with van der Waals surface area (Å²) >= 11 is 3.01. The van der Waals surface area contributed by atoms with E-state index in [0.29, 0.717) is 10.9 Å². The van der Waals surface area contributed by atoms with Gasteiger partial charge in [-0.15, -0.1) is 0 Å². The average molecular weight is 327 g/mol. The quantitative estimate of drug-likeness (QED) is 0.883. The van der Waals surface area contributed by atoms with Crippen LogP contribution in [0.2, 0.25) is 0 Å². The summed E-state index contributed by atoms with van der Waals surface area (Å²) in [6, 6.07) is 11.8. The van der Waals surface area contributed by atoms with E-state index in [1.807, 2.05) is 30.3 Å². The normalized spacial score (nSPS) is 12.4. The van der Waals surface area contributed by atoms with E-state index in [4.69, 9.17) is 0 Å². The molecule has 2 aromatic carbocycles. The number of aliphatic hydroxyl groups excluding tert-OH is 1. The maximum absolute atomic E-state index is 13.7. The number of benzene rings is 2. The summed E-state index contributed by atoms with van der Waals surface area (Å²) in [6.07, 6.45) is -0.301. The molecule has 0 saturated carbocycles. The third-order valence-electron chi connectivity index (χ3n) is 2.93. The molecule has 0 amide bonds. The number of halogens is 3. The zero-order chi connectivity index (χ0) is 13.8. The fourth-order valence-electron chi connectivity index (χ4n) is 1.96. The highest BCUT2D eigenvalue weighted by Crippen LogP contribution is 2.27. The van der Waals surface area contributed by atoms with Crippen molar-refractivity contribution in [3.05, 3.63) is 69.7 Å². The zero-order valence-electron chi connectivity index (χ0n) is 10.1. The van der Waals surface area contributed by atoms with E-state index in [9.17, 15) is 13.9 Å². The highest BCUT2D eigenvalue weighted by molar-refractivity contribution is 9.10. The number of aliphatic hydroxyl groups is 1. The van der Waals surface area contributed by atoms with Gasteiger partial charge < -0.3 is 5.11 Å². The smallest absolute Gasteiger partial charge is 0.133 e. The van der Waals surface area contributed by atoms with Gasteiger partial charge in [-0.2, -0.15) is 0 Å². The molecule has 0 spiro atoms. The lowest BCUT2D eigenvalue weighted by molar-refractivity contribution is 0.158. The van der Waals surface area contributed by atoms with Crippen molar-refractivity contribution < 1.29 is 13.9 Å². The number of rotatable bonds is 4. The maximum Gasteiger partial charge on any atom is 0.133 e. The molecule has 100 valence electrons. The molecular weight excluding hydrogens is 314 g/mol. The Hall–Kier alpha value is -1.26. The Balaban J connectivity index is 2.10. The first kappa shape index (κ1) is 14.2. The van der Waals surface area contributed by atoms with Crippen LogP contribution in [0.3, 0.4) is 0 Å². The lowest BCUT2D eigenvalue weighted by atomic mass is 10.0. The fourth-order valence-corrected chi connectivity index (χ4v) is 2.37. The van der Waals surface area contributed by atoms with E-state index >= 15 is 0 Å². The van der Waals surface area contributed by atoms with Crippen LogP contribution in [-0.4, -0.2) is 5.11 Å². The van der Waals surface area contributed by atoms with E-state index in [0.717, 1.165) is 17.7 Å². The third kappa shape index (κ3) is 3.61. The number of hydrogen-bond acceptors (Lipinski definition) is 1. The van der Waals surface area contributed by atoms with Gasteiger partial charge in [0.05, 0.1) is 11.7 Å². The summed E-state index contributed by atoms with van der Waals surface area (Å²) < 4.78 is 27.6. The Bertz CT molecular complexity index is 534. The highest BCUT2D eigenvalue weighted by atomic mass is 79.9. The molecule has 0 aliphatic heterocycles. The van der Waals surface area contributed by atoms with Crippen molar-refractivity contribution in [2.24, 2.45) is 0 Å². The van der Waals surface area contributed by atoms with Crippen LogP contribution in [0.1, 0.15) is 23.7 Å². The molecule has 0 aliphatic carbocycles. The summed E-state index contributed by atoms with van der Waals surface area (Å²) in [4.78, 5) is 0. The van der Waals surface area contributed by atoms with Crippen LogP contribution in [0, 0.1) is 11.6 Å². The van der Waals surface area contributed by atoms with Crippen LogP contribution in [0.5, 0.6) is 0 Å². The molecule has 1 unspecified atom stereocenters.